The minimum absolute atomic E-state index is 0. The first-order valence-corrected chi connectivity index (χ1v) is 7.63. The molecule has 0 saturated heterocycles. The standard InChI is InChI=1S/C15H33N3O3.HI/c1-7-16-14(18-11-15(4,5)20-6)17-8-13(19)10-21-9-12(2)3;/h12-13,19H,7-11H2,1-6H3,(H2,16,17,18);1H. The molecule has 0 aromatic heterocycles. The first-order valence-electron chi connectivity index (χ1n) is 7.63. The van der Waals surface area contributed by atoms with E-state index in [1.54, 1.807) is 7.11 Å². The number of aliphatic hydroxyl groups is 1. The Morgan fingerprint density at radius 2 is 1.86 bits per heavy atom. The van der Waals surface area contributed by atoms with Crippen LogP contribution in [0.2, 0.25) is 0 Å². The quantitative estimate of drug-likeness (QED) is 0.279. The second-order valence-electron chi connectivity index (χ2n) is 6.13. The van der Waals surface area contributed by atoms with Crippen molar-refractivity contribution in [1.29, 1.82) is 0 Å². The summed E-state index contributed by atoms with van der Waals surface area (Å²) in [6.45, 7) is 12.8. The summed E-state index contributed by atoms with van der Waals surface area (Å²) in [6, 6.07) is 0. The van der Waals surface area contributed by atoms with Crippen LogP contribution >= 0.6 is 24.0 Å². The predicted molar refractivity (Wildman–Crippen MR) is 102 cm³/mol. The molecule has 6 nitrogen and oxygen atoms in total. The highest BCUT2D eigenvalue weighted by molar-refractivity contribution is 14.0. The fourth-order valence-electron chi connectivity index (χ4n) is 1.39. The topological polar surface area (TPSA) is 75.1 Å². The summed E-state index contributed by atoms with van der Waals surface area (Å²) in [7, 11) is 1.67. The molecule has 0 heterocycles. The van der Waals surface area contributed by atoms with Crippen LogP contribution in [0.3, 0.4) is 0 Å². The van der Waals surface area contributed by atoms with Crippen LogP contribution in [-0.2, 0) is 9.47 Å². The molecule has 0 rings (SSSR count). The van der Waals surface area contributed by atoms with E-state index >= 15 is 0 Å². The summed E-state index contributed by atoms with van der Waals surface area (Å²) in [5.41, 5.74) is -0.304. The first kappa shape index (κ1) is 24.1. The van der Waals surface area contributed by atoms with Gasteiger partial charge < -0.3 is 25.2 Å². The van der Waals surface area contributed by atoms with Gasteiger partial charge in [0.15, 0.2) is 5.96 Å². The van der Waals surface area contributed by atoms with Gasteiger partial charge in [0.25, 0.3) is 0 Å². The van der Waals surface area contributed by atoms with Crippen LogP contribution in [0.15, 0.2) is 4.99 Å². The summed E-state index contributed by atoms with van der Waals surface area (Å²) >= 11 is 0. The molecule has 0 radical (unpaired) electrons. The third kappa shape index (κ3) is 13.5. The SMILES string of the molecule is CCNC(=NCC(C)(C)OC)NCC(O)COCC(C)C.I. The van der Waals surface area contributed by atoms with E-state index < -0.39 is 6.10 Å². The molecular weight excluding hydrogens is 397 g/mol. The lowest BCUT2D eigenvalue weighted by atomic mass is 10.1. The average molecular weight is 431 g/mol. The zero-order valence-electron chi connectivity index (χ0n) is 14.8. The molecule has 0 saturated carbocycles. The maximum Gasteiger partial charge on any atom is 0.191 e. The van der Waals surface area contributed by atoms with Gasteiger partial charge in [-0.15, -0.1) is 24.0 Å². The van der Waals surface area contributed by atoms with Gasteiger partial charge >= 0.3 is 0 Å². The van der Waals surface area contributed by atoms with E-state index in [2.05, 4.69) is 29.5 Å². The van der Waals surface area contributed by atoms with Gasteiger partial charge in [-0.1, -0.05) is 13.8 Å². The van der Waals surface area contributed by atoms with Gasteiger partial charge in [-0.2, -0.15) is 0 Å². The van der Waals surface area contributed by atoms with Gasteiger partial charge in [-0.25, -0.2) is 0 Å². The second-order valence-corrected chi connectivity index (χ2v) is 6.13. The van der Waals surface area contributed by atoms with Gasteiger partial charge in [0.05, 0.1) is 24.9 Å². The van der Waals surface area contributed by atoms with Gasteiger partial charge in [0.1, 0.15) is 0 Å². The minimum atomic E-state index is -0.553. The third-order valence-corrected chi connectivity index (χ3v) is 2.78. The van der Waals surface area contributed by atoms with Gasteiger partial charge in [-0.05, 0) is 26.7 Å². The van der Waals surface area contributed by atoms with E-state index in [9.17, 15) is 5.11 Å². The summed E-state index contributed by atoms with van der Waals surface area (Å²) in [6.07, 6.45) is -0.553. The molecule has 22 heavy (non-hydrogen) atoms. The van der Waals surface area contributed by atoms with E-state index in [0.717, 1.165) is 6.54 Å². The Hall–Kier alpha value is -0.120. The highest BCUT2D eigenvalue weighted by Crippen LogP contribution is 2.06. The fourth-order valence-corrected chi connectivity index (χ4v) is 1.39. The van der Waals surface area contributed by atoms with Gasteiger partial charge in [0, 0.05) is 26.8 Å². The second kappa shape index (κ2) is 13.3. The number of ether oxygens (including phenoxy) is 2. The van der Waals surface area contributed by atoms with Crippen LogP contribution in [0.25, 0.3) is 0 Å². The van der Waals surface area contributed by atoms with Crippen LogP contribution in [-0.4, -0.2) is 62.7 Å². The number of guanidine groups is 1. The normalized spacial score (nSPS) is 13.7. The molecule has 0 aromatic rings. The molecule has 1 unspecified atom stereocenters. The molecule has 0 aliphatic heterocycles. The Balaban J connectivity index is 0. The first-order chi connectivity index (χ1) is 9.80. The van der Waals surface area contributed by atoms with Crippen molar-refractivity contribution in [2.75, 3.05) is 40.0 Å². The molecule has 0 aromatic carbocycles. The molecular formula is C15H34IN3O3. The van der Waals surface area contributed by atoms with E-state index in [4.69, 9.17) is 9.47 Å². The highest BCUT2D eigenvalue weighted by atomic mass is 127. The molecule has 7 heteroatoms. The van der Waals surface area contributed by atoms with Crippen molar-refractivity contribution < 1.29 is 14.6 Å². The van der Waals surface area contributed by atoms with Crippen molar-refractivity contribution in [3.8, 4) is 0 Å². The summed E-state index contributed by atoms with van der Waals surface area (Å²) in [5, 5.41) is 16.1. The van der Waals surface area contributed by atoms with E-state index in [1.807, 2.05) is 20.8 Å². The number of aliphatic imine (C=N–C) groups is 1. The van der Waals surface area contributed by atoms with E-state index in [-0.39, 0.29) is 29.6 Å². The van der Waals surface area contributed by atoms with Crippen molar-refractivity contribution in [2.45, 2.75) is 46.3 Å². The van der Waals surface area contributed by atoms with Crippen LogP contribution in [0, 0.1) is 5.92 Å². The number of rotatable bonds is 10. The van der Waals surface area contributed by atoms with Crippen molar-refractivity contribution in [3.63, 3.8) is 0 Å². The average Bonchev–Trinajstić information content (AvgIpc) is 2.41. The maximum absolute atomic E-state index is 9.86. The lowest BCUT2D eigenvalue weighted by Crippen LogP contribution is -2.43. The fraction of sp³-hybridized carbons (Fsp3) is 0.933. The molecule has 134 valence electrons. The van der Waals surface area contributed by atoms with Gasteiger partial charge in [0.2, 0.25) is 0 Å². The molecule has 0 aliphatic rings. The van der Waals surface area contributed by atoms with Gasteiger partial charge in [-0.3, -0.25) is 4.99 Å². The van der Waals surface area contributed by atoms with Crippen LogP contribution in [0.4, 0.5) is 0 Å². The lowest BCUT2D eigenvalue weighted by Gasteiger charge is -2.21. The number of hydrogen-bond donors (Lipinski definition) is 3. The molecule has 0 amide bonds. The lowest BCUT2D eigenvalue weighted by molar-refractivity contribution is 0.0275. The minimum Gasteiger partial charge on any atom is -0.389 e. The summed E-state index contributed by atoms with van der Waals surface area (Å²) in [4.78, 5) is 4.45. The predicted octanol–water partition coefficient (Wildman–Crippen LogP) is 1.62. The Morgan fingerprint density at radius 3 is 2.36 bits per heavy atom. The molecule has 1 atom stereocenters. The van der Waals surface area contributed by atoms with Crippen LogP contribution in [0.1, 0.15) is 34.6 Å². The van der Waals surface area contributed by atoms with Crippen molar-refractivity contribution >= 4 is 29.9 Å². The smallest absolute Gasteiger partial charge is 0.191 e. The molecule has 0 aliphatic carbocycles. The molecule has 0 spiro atoms. The molecule has 0 bridgehead atoms. The third-order valence-electron chi connectivity index (χ3n) is 2.78. The largest absolute Gasteiger partial charge is 0.389 e. The van der Waals surface area contributed by atoms with Crippen LogP contribution < -0.4 is 10.6 Å². The van der Waals surface area contributed by atoms with Crippen molar-refractivity contribution in [1.82, 2.24) is 10.6 Å². The number of aliphatic hydroxyl groups excluding tert-OH is 1. The Bertz CT molecular complexity index is 300. The van der Waals surface area contributed by atoms with Crippen LogP contribution in [0.5, 0.6) is 0 Å². The van der Waals surface area contributed by atoms with Crippen molar-refractivity contribution in [3.05, 3.63) is 0 Å². The zero-order valence-corrected chi connectivity index (χ0v) is 17.1. The maximum atomic E-state index is 9.86. The number of nitrogens with zero attached hydrogens (tertiary/aromatic N) is 1. The molecule has 0 fully saturated rings. The highest BCUT2D eigenvalue weighted by Gasteiger charge is 2.16. The summed E-state index contributed by atoms with van der Waals surface area (Å²) in [5.74, 6) is 1.14. The molecule has 3 N–H and O–H groups in total. The Labute approximate surface area is 152 Å². The number of nitrogens with one attached hydrogen (secondary N) is 2. The zero-order chi connectivity index (χ0) is 16.3. The Morgan fingerprint density at radius 1 is 1.23 bits per heavy atom. The van der Waals surface area contributed by atoms with Crippen molar-refractivity contribution in [2.24, 2.45) is 10.9 Å². The number of halogens is 1. The van der Waals surface area contributed by atoms with E-state index in [1.165, 1.54) is 0 Å². The van der Waals surface area contributed by atoms with E-state index in [0.29, 0.717) is 38.2 Å². The number of hydrogen-bond acceptors (Lipinski definition) is 4. The summed E-state index contributed by atoms with van der Waals surface area (Å²) < 4.78 is 10.7. The number of methoxy groups -OCH3 is 1. The Kier molecular flexibility index (Phi) is 14.6. The monoisotopic (exact) mass is 431 g/mol.